The number of amides is 1. The van der Waals surface area contributed by atoms with Crippen LogP contribution in [-0.2, 0) is 14.3 Å². The normalized spacial score (nSPS) is 22.0. The lowest BCUT2D eigenvalue weighted by Gasteiger charge is -2.44. The van der Waals surface area contributed by atoms with Crippen LogP contribution in [0.25, 0.3) is 0 Å². The third-order valence-corrected chi connectivity index (χ3v) is 4.01. The van der Waals surface area contributed by atoms with E-state index in [2.05, 4.69) is 13.2 Å². The number of hydrogen-bond donors (Lipinski definition) is 0. The first-order valence-electron chi connectivity index (χ1n) is 7.82. The minimum Gasteiger partial charge on any atom is -0.464 e. The molecule has 1 rings (SSSR count). The molecule has 0 spiro atoms. The SMILES string of the molecule is C=CCCCC[C@]1(C(=O)OCC)CCCC(=O)N1CC=C. The van der Waals surface area contributed by atoms with Crippen molar-refractivity contribution in [2.24, 2.45) is 0 Å². The fourth-order valence-electron chi connectivity index (χ4n) is 2.99. The van der Waals surface area contributed by atoms with Crippen molar-refractivity contribution >= 4 is 11.9 Å². The minimum absolute atomic E-state index is 0.0259. The van der Waals surface area contributed by atoms with Crippen LogP contribution in [0.4, 0.5) is 0 Å². The number of likely N-dealkylation sites (tertiary alicyclic amines) is 1. The Kier molecular flexibility index (Phi) is 7.20. The Bertz CT molecular complexity index is 391. The van der Waals surface area contributed by atoms with Crippen molar-refractivity contribution in [1.82, 2.24) is 4.90 Å². The summed E-state index contributed by atoms with van der Waals surface area (Å²) in [6.45, 7) is 9.96. The van der Waals surface area contributed by atoms with Gasteiger partial charge in [-0.15, -0.1) is 13.2 Å². The highest BCUT2D eigenvalue weighted by Gasteiger charge is 2.48. The molecule has 0 aromatic heterocycles. The second-order valence-corrected chi connectivity index (χ2v) is 5.43. The van der Waals surface area contributed by atoms with Gasteiger partial charge in [-0.2, -0.15) is 0 Å². The highest BCUT2D eigenvalue weighted by atomic mass is 16.5. The van der Waals surface area contributed by atoms with Crippen LogP contribution in [-0.4, -0.2) is 35.5 Å². The van der Waals surface area contributed by atoms with Crippen molar-refractivity contribution in [3.05, 3.63) is 25.3 Å². The van der Waals surface area contributed by atoms with E-state index in [1.54, 1.807) is 17.9 Å². The Morgan fingerprint density at radius 3 is 2.76 bits per heavy atom. The number of allylic oxidation sites excluding steroid dienone is 1. The molecular formula is C17H27NO3. The van der Waals surface area contributed by atoms with Gasteiger partial charge in [-0.25, -0.2) is 4.79 Å². The first-order valence-corrected chi connectivity index (χ1v) is 7.82. The standard InChI is InChI=1S/C17H27NO3/c1-4-7-8-9-12-17(16(20)21-6-3)13-10-11-15(19)18(17)14-5-2/h4-5H,1-2,6-14H2,3H3/t17-/m1/s1. The summed E-state index contributed by atoms with van der Waals surface area (Å²) < 4.78 is 5.28. The van der Waals surface area contributed by atoms with Gasteiger partial charge < -0.3 is 9.64 Å². The molecule has 4 heteroatoms. The monoisotopic (exact) mass is 293 g/mol. The predicted molar refractivity (Wildman–Crippen MR) is 83.8 cm³/mol. The van der Waals surface area contributed by atoms with E-state index >= 15 is 0 Å². The van der Waals surface area contributed by atoms with Crippen molar-refractivity contribution < 1.29 is 14.3 Å². The van der Waals surface area contributed by atoms with Crippen molar-refractivity contribution in [3.8, 4) is 0 Å². The molecule has 1 aliphatic rings. The summed E-state index contributed by atoms with van der Waals surface area (Å²) in [7, 11) is 0. The number of esters is 1. The number of nitrogens with zero attached hydrogens (tertiary/aromatic N) is 1. The zero-order chi connectivity index (χ0) is 15.7. The molecule has 0 aliphatic carbocycles. The first-order chi connectivity index (χ1) is 10.1. The van der Waals surface area contributed by atoms with Crippen LogP contribution in [0.15, 0.2) is 25.3 Å². The lowest BCUT2D eigenvalue weighted by molar-refractivity contribution is -0.168. The summed E-state index contributed by atoms with van der Waals surface area (Å²) in [5.74, 6) is -0.239. The maximum atomic E-state index is 12.5. The number of rotatable bonds is 9. The molecule has 1 heterocycles. The zero-order valence-electron chi connectivity index (χ0n) is 13.1. The van der Waals surface area contributed by atoms with E-state index in [0.717, 1.165) is 25.7 Å². The van der Waals surface area contributed by atoms with Gasteiger partial charge in [-0.1, -0.05) is 18.6 Å². The van der Waals surface area contributed by atoms with Crippen LogP contribution in [0.1, 0.15) is 51.9 Å². The van der Waals surface area contributed by atoms with E-state index in [1.165, 1.54) is 0 Å². The number of hydrogen-bond acceptors (Lipinski definition) is 3. The Morgan fingerprint density at radius 1 is 1.38 bits per heavy atom. The Morgan fingerprint density at radius 2 is 2.14 bits per heavy atom. The Hall–Kier alpha value is -1.58. The lowest BCUT2D eigenvalue weighted by Crippen LogP contribution is -2.60. The van der Waals surface area contributed by atoms with Gasteiger partial charge in [0, 0.05) is 13.0 Å². The van der Waals surface area contributed by atoms with E-state index in [1.807, 2.05) is 6.08 Å². The Balaban J connectivity index is 2.95. The van der Waals surface area contributed by atoms with Gasteiger partial charge in [-0.05, 0) is 39.0 Å². The van der Waals surface area contributed by atoms with Gasteiger partial charge in [0.15, 0.2) is 0 Å². The van der Waals surface area contributed by atoms with Crippen LogP contribution in [0.2, 0.25) is 0 Å². The van der Waals surface area contributed by atoms with E-state index in [0.29, 0.717) is 32.4 Å². The van der Waals surface area contributed by atoms with Crippen LogP contribution in [0.3, 0.4) is 0 Å². The smallest absolute Gasteiger partial charge is 0.332 e. The van der Waals surface area contributed by atoms with Crippen LogP contribution in [0.5, 0.6) is 0 Å². The first kappa shape index (κ1) is 17.5. The van der Waals surface area contributed by atoms with Gasteiger partial charge >= 0.3 is 5.97 Å². The zero-order valence-corrected chi connectivity index (χ0v) is 13.1. The molecule has 0 radical (unpaired) electrons. The Labute approximate surface area is 127 Å². The molecule has 0 bridgehead atoms. The van der Waals surface area contributed by atoms with Crippen molar-refractivity contribution in [2.75, 3.05) is 13.2 Å². The topological polar surface area (TPSA) is 46.6 Å². The molecule has 4 nitrogen and oxygen atoms in total. The average molecular weight is 293 g/mol. The van der Waals surface area contributed by atoms with E-state index < -0.39 is 5.54 Å². The summed E-state index contributed by atoms with van der Waals surface area (Å²) in [5, 5.41) is 0. The highest BCUT2D eigenvalue weighted by molar-refractivity contribution is 5.89. The molecule has 0 aromatic rings. The number of carbonyl (C=O) groups is 2. The molecule has 0 unspecified atom stereocenters. The van der Waals surface area contributed by atoms with Crippen molar-refractivity contribution in [1.29, 1.82) is 0 Å². The molecule has 0 saturated carbocycles. The predicted octanol–water partition coefficient (Wildman–Crippen LogP) is 3.23. The van der Waals surface area contributed by atoms with Crippen LogP contribution >= 0.6 is 0 Å². The van der Waals surface area contributed by atoms with Gasteiger partial charge in [0.25, 0.3) is 0 Å². The molecular weight excluding hydrogens is 266 g/mol. The maximum Gasteiger partial charge on any atom is 0.332 e. The largest absolute Gasteiger partial charge is 0.464 e. The van der Waals surface area contributed by atoms with Gasteiger partial charge in [0.05, 0.1) is 6.61 Å². The van der Waals surface area contributed by atoms with E-state index in [-0.39, 0.29) is 11.9 Å². The molecule has 1 saturated heterocycles. The van der Waals surface area contributed by atoms with Gasteiger partial charge in [0.2, 0.25) is 5.91 Å². The molecule has 1 amide bonds. The van der Waals surface area contributed by atoms with Crippen LogP contribution < -0.4 is 0 Å². The molecule has 1 atom stereocenters. The number of ether oxygens (including phenoxy) is 1. The second kappa shape index (κ2) is 8.65. The minimum atomic E-state index is -0.805. The fourth-order valence-corrected chi connectivity index (χ4v) is 2.99. The molecule has 21 heavy (non-hydrogen) atoms. The fraction of sp³-hybridized carbons (Fsp3) is 0.647. The number of unbranched alkanes of at least 4 members (excludes halogenated alkanes) is 2. The van der Waals surface area contributed by atoms with Crippen LogP contribution in [0, 0.1) is 0 Å². The van der Waals surface area contributed by atoms with Gasteiger partial charge in [-0.3, -0.25) is 4.79 Å². The number of piperidine rings is 1. The highest BCUT2D eigenvalue weighted by Crippen LogP contribution is 2.35. The second-order valence-electron chi connectivity index (χ2n) is 5.43. The summed E-state index contributed by atoms with van der Waals surface area (Å²) in [6.07, 6.45) is 8.92. The molecule has 118 valence electrons. The maximum absolute atomic E-state index is 12.5. The molecule has 1 aliphatic heterocycles. The summed E-state index contributed by atoms with van der Waals surface area (Å²) in [5.41, 5.74) is -0.805. The third kappa shape index (κ3) is 4.19. The quantitative estimate of drug-likeness (QED) is 0.372. The summed E-state index contributed by atoms with van der Waals surface area (Å²) in [6, 6.07) is 0. The molecule has 0 aromatic carbocycles. The third-order valence-electron chi connectivity index (χ3n) is 4.01. The average Bonchev–Trinajstić information content (AvgIpc) is 2.47. The van der Waals surface area contributed by atoms with E-state index in [4.69, 9.17) is 4.74 Å². The van der Waals surface area contributed by atoms with Crippen molar-refractivity contribution in [3.63, 3.8) is 0 Å². The molecule has 1 fully saturated rings. The van der Waals surface area contributed by atoms with E-state index in [9.17, 15) is 9.59 Å². The van der Waals surface area contributed by atoms with Gasteiger partial charge in [0.1, 0.15) is 5.54 Å². The van der Waals surface area contributed by atoms with Crippen molar-refractivity contribution in [2.45, 2.75) is 57.4 Å². The lowest BCUT2D eigenvalue weighted by atomic mass is 9.81. The molecule has 0 N–H and O–H groups in total. The summed E-state index contributed by atoms with van der Waals surface area (Å²) >= 11 is 0. The summed E-state index contributed by atoms with van der Waals surface area (Å²) in [4.78, 5) is 26.5. The number of carbonyl (C=O) groups excluding carboxylic acids is 2.